The van der Waals surface area contributed by atoms with E-state index in [-0.39, 0.29) is 0 Å². The van der Waals surface area contributed by atoms with Crippen molar-refractivity contribution >= 4 is 0 Å². The molecule has 86 valence electrons. The van der Waals surface area contributed by atoms with Crippen LogP contribution in [0.25, 0.3) is 0 Å². The topological polar surface area (TPSA) is 75.7 Å². The Morgan fingerprint density at radius 1 is 1.36 bits per heavy atom. The van der Waals surface area contributed by atoms with Gasteiger partial charge in [0.2, 0.25) is 0 Å². The van der Waals surface area contributed by atoms with Crippen LogP contribution in [0.4, 0.5) is 0 Å². The average Bonchev–Trinajstić information content (AvgIpc) is 2.32. The van der Waals surface area contributed by atoms with Gasteiger partial charge in [0.25, 0.3) is 0 Å². The monoisotopic (exact) mass is 205 g/mol. The molecule has 0 spiro atoms. The van der Waals surface area contributed by atoms with Gasteiger partial charge in [0.05, 0.1) is 0 Å². The number of aliphatic hydroxyl groups is 2. The molecule has 0 bridgehead atoms. The molecule has 4 nitrogen and oxygen atoms in total. The normalized spacial score (nSPS) is 27.0. The molecule has 0 heterocycles. The maximum atomic E-state index is 8.08. The summed E-state index contributed by atoms with van der Waals surface area (Å²) < 4.78 is 5.02. The molecule has 1 aliphatic carbocycles. The highest BCUT2D eigenvalue weighted by Gasteiger charge is 2.20. The summed E-state index contributed by atoms with van der Waals surface area (Å²) in [4.78, 5) is 0. The molecule has 1 fully saturated rings. The zero-order valence-electron chi connectivity index (χ0n) is 9.36. The van der Waals surface area contributed by atoms with Gasteiger partial charge in [0.15, 0.2) is 5.79 Å². The lowest BCUT2D eigenvalue weighted by Gasteiger charge is -2.05. The standard InChI is InChI=1S/C7H15NO.C3H8O2/c1-9-5-6-2-3-7(8)4-6;1-3(2,4)5/h6-7H,2-5,8H2,1H3;4-5H,1-2H3. The molecule has 0 radical (unpaired) electrons. The summed E-state index contributed by atoms with van der Waals surface area (Å²) in [5.74, 6) is -0.759. The zero-order chi connectivity index (χ0) is 11.2. The molecule has 0 aromatic heterocycles. The van der Waals surface area contributed by atoms with Crippen molar-refractivity contribution in [3.63, 3.8) is 0 Å². The molecule has 14 heavy (non-hydrogen) atoms. The van der Waals surface area contributed by atoms with E-state index in [0.29, 0.717) is 6.04 Å². The molecule has 1 rings (SSSR count). The lowest BCUT2D eigenvalue weighted by atomic mass is 10.1. The average molecular weight is 205 g/mol. The fourth-order valence-corrected chi connectivity index (χ4v) is 1.50. The summed E-state index contributed by atoms with van der Waals surface area (Å²) >= 11 is 0. The van der Waals surface area contributed by atoms with E-state index in [9.17, 15) is 0 Å². The van der Waals surface area contributed by atoms with Crippen molar-refractivity contribution in [2.24, 2.45) is 11.7 Å². The van der Waals surface area contributed by atoms with Crippen LogP contribution in [0.1, 0.15) is 33.1 Å². The van der Waals surface area contributed by atoms with Gasteiger partial charge >= 0.3 is 0 Å². The smallest absolute Gasteiger partial charge is 0.156 e. The van der Waals surface area contributed by atoms with Gasteiger partial charge in [-0.1, -0.05) is 0 Å². The zero-order valence-corrected chi connectivity index (χ0v) is 9.36. The van der Waals surface area contributed by atoms with E-state index in [1.54, 1.807) is 7.11 Å². The highest BCUT2D eigenvalue weighted by Crippen LogP contribution is 2.23. The van der Waals surface area contributed by atoms with E-state index in [1.165, 1.54) is 26.7 Å². The number of hydrogen-bond donors (Lipinski definition) is 3. The predicted molar refractivity (Wildman–Crippen MR) is 55.7 cm³/mol. The van der Waals surface area contributed by atoms with Gasteiger partial charge in [-0.15, -0.1) is 0 Å². The van der Waals surface area contributed by atoms with E-state index in [0.717, 1.165) is 18.9 Å². The number of nitrogens with two attached hydrogens (primary N) is 1. The molecule has 0 aromatic rings. The summed E-state index contributed by atoms with van der Waals surface area (Å²) in [6.07, 6.45) is 3.61. The molecule has 4 N–H and O–H groups in total. The Balaban J connectivity index is 0.000000292. The Morgan fingerprint density at radius 2 is 1.86 bits per heavy atom. The second-order valence-corrected chi connectivity index (χ2v) is 4.39. The first-order valence-electron chi connectivity index (χ1n) is 5.02. The van der Waals surface area contributed by atoms with Crippen LogP contribution in [0.3, 0.4) is 0 Å². The van der Waals surface area contributed by atoms with Crippen LogP contribution < -0.4 is 5.73 Å². The van der Waals surface area contributed by atoms with Crippen LogP contribution in [0.5, 0.6) is 0 Å². The number of hydrogen-bond acceptors (Lipinski definition) is 4. The quantitative estimate of drug-likeness (QED) is 0.573. The first-order valence-corrected chi connectivity index (χ1v) is 5.02. The van der Waals surface area contributed by atoms with Crippen molar-refractivity contribution in [1.29, 1.82) is 0 Å². The second kappa shape index (κ2) is 6.35. The van der Waals surface area contributed by atoms with E-state index in [1.807, 2.05) is 0 Å². The molecule has 0 saturated heterocycles. The van der Waals surface area contributed by atoms with Crippen molar-refractivity contribution in [3.8, 4) is 0 Å². The molecule has 1 saturated carbocycles. The SMILES string of the molecule is CC(C)(O)O.COCC1CCC(N)C1. The number of ether oxygens (including phenoxy) is 1. The van der Waals surface area contributed by atoms with Crippen LogP contribution in [0, 0.1) is 5.92 Å². The third-order valence-corrected chi connectivity index (χ3v) is 1.98. The van der Waals surface area contributed by atoms with Crippen molar-refractivity contribution in [2.45, 2.75) is 44.9 Å². The van der Waals surface area contributed by atoms with Crippen molar-refractivity contribution in [2.75, 3.05) is 13.7 Å². The third-order valence-electron chi connectivity index (χ3n) is 1.98. The van der Waals surface area contributed by atoms with E-state index < -0.39 is 5.79 Å². The Hall–Kier alpha value is -0.160. The maximum Gasteiger partial charge on any atom is 0.156 e. The molecule has 0 aliphatic heterocycles. The van der Waals surface area contributed by atoms with Crippen LogP contribution in [-0.4, -0.2) is 35.8 Å². The van der Waals surface area contributed by atoms with Gasteiger partial charge in [-0.2, -0.15) is 0 Å². The third kappa shape index (κ3) is 9.92. The lowest BCUT2D eigenvalue weighted by Crippen LogP contribution is -2.15. The molecule has 2 atom stereocenters. The van der Waals surface area contributed by atoms with E-state index in [2.05, 4.69) is 0 Å². The summed E-state index contributed by atoms with van der Waals surface area (Å²) in [5.41, 5.74) is 5.70. The first-order chi connectivity index (χ1) is 6.33. The van der Waals surface area contributed by atoms with Crippen molar-refractivity contribution in [3.05, 3.63) is 0 Å². The number of rotatable bonds is 2. The Morgan fingerprint density at radius 3 is 2.14 bits per heavy atom. The van der Waals surface area contributed by atoms with E-state index in [4.69, 9.17) is 20.7 Å². The molecule has 4 heteroatoms. The highest BCUT2D eigenvalue weighted by molar-refractivity contribution is 4.76. The summed E-state index contributed by atoms with van der Waals surface area (Å²) in [6, 6.07) is 0.449. The Kier molecular flexibility index (Phi) is 6.27. The van der Waals surface area contributed by atoms with Gasteiger partial charge in [-0.3, -0.25) is 0 Å². The second-order valence-electron chi connectivity index (χ2n) is 4.39. The largest absolute Gasteiger partial charge is 0.384 e. The lowest BCUT2D eigenvalue weighted by molar-refractivity contribution is -0.127. The van der Waals surface area contributed by atoms with Crippen LogP contribution in [0.2, 0.25) is 0 Å². The molecular formula is C10H23NO3. The van der Waals surface area contributed by atoms with E-state index >= 15 is 0 Å². The highest BCUT2D eigenvalue weighted by atomic mass is 16.5. The molecular weight excluding hydrogens is 182 g/mol. The molecule has 0 aromatic carbocycles. The fraction of sp³-hybridized carbons (Fsp3) is 1.00. The van der Waals surface area contributed by atoms with Crippen LogP contribution in [0.15, 0.2) is 0 Å². The van der Waals surface area contributed by atoms with Gasteiger partial charge in [-0.25, -0.2) is 0 Å². The van der Waals surface area contributed by atoms with Gasteiger partial charge < -0.3 is 20.7 Å². The first kappa shape index (κ1) is 13.8. The Bertz CT molecular complexity index is 137. The van der Waals surface area contributed by atoms with Gasteiger partial charge in [0, 0.05) is 19.8 Å². The minimum Gasteiger partial charge on any atom is -0.384 e. The van der Waals surface area contributed by atoms with Crippen molar-refractivity contribution in [1.82, 2.24) is 0 Å². The summed E-state index contributed by atoms with van der Waals surface area (Å²) in [5, 5.41) is 16.2. The van der Waals surface area contributed by atoms with Crippen LogP contribution in [-0.2, 0) is 4.74 Å². The summed E-state index contributed by atoms with van der Waals surface area (Å²) in [6.45, 7) is 3.49. The summed E-state index contributed by atoms with van der Waals surface area (Å²) in [7, 11) is 1.75. The molecule has 2 unspecified atom stereocenters. The number of methoxy groups -OCH3 is 1. The van der Waals surface area contributed by atoms with Gasteiger partial charge in [-0.05, 0) is 39.0 Å². The minimum atomic E-state index is -1.50. The predicted octanol–water partition coefficient (Wildman–Crippen LogP) is 0.467. The van der Waals surface area contributed by atoms with Gasteiger partial charge in [0.1, 0.15) is 0 Å². The van der Waals surface area contributed by atoms with Crippen LogP contribution >= 0.6 is 0 Å². The minimum absolute atomic E-state index is 0.449. The maximum absolute atomic E-state index is 8.08. The van der Waals surface area contributed by atoms with Crippen molar-refractivity contribution < 1.29 is 14.9 Å². The Labute approximate surface area is 86.1 Å². The molecule has 1 aliphatic rings. The fourth-order valence-electron chi connectivity index (χ4n) is 1.50. The molecule has 0 amide bonds.